The van der Waals surface area contributed by atoms with E-state index in [-0.39, 0.29) is 6.42 Å². The van der Waals surface area contributed by atoms with Crippen molar-refractivity contribution in [2.75, 3.05) is 7.11 Å². The number of hydrogen-bond donors (Lipinski definition) is 2. The van der Waals surface area contributed by atoms with E-state index in [1.807, 2.05) is 0 Å². The molecule has 6 heteroatoms. The number of aliphatic carboxylic acids is 1. The molecule has 1 rings (SSSR count). The van der Waals surface area contributed by atoms with Gasteiger partial charge in [-0.3, -0.25) is 0 Å². The van der Waals surface area contributed by atoms with Crippen molar-refractivity contribution in [3.05, 3.63) is 29.8 Å². The van der Waals surface area contributed by atoms with Gasteiger partial charge in [0.15, 0.2) is 0 Å². The zero-order chi connectivity index (χ0) is 17.0. The lowest BCUT2D eigenvalue weighted by Crippen LogP contribution is -2.54. The average molecular weight is 309 g/mol. The van der Waals surface area contributed by atoms with Gasteiger partial charge in [-0.1, -0.05) is 12.1 Å². The summed E-state index contributed by atoms with van der Waals surface area (Å²) >= 11 is 0. The van der Waals surface area contributed by atoms with Crippen LogP contribution in [0.5, 0.6) is 5.75 Å². The normalized spacial score (nSPS) is 13.9. The number of carbonyl (C=O) groups is 2. The van der Waals surface area contributed by atoms with Gasteiger partial charge in [-0.2, -0.15) is 0 Å². The van der Waals surface area contributed by atoms with E-state index >= 15 is 0 Å². The summed E-state index contributed by atoms with van der Waals surface area (Å²) in [5.41, 5.74) is -1.39. The Balaban J connectivity index is 2.86. The quantitative estimate of drug-likeness (QED) is 0.873. The molecule has 0 fully saturated rings. The zero-order valence-corrected chi connectivity index (χ0v) is 13.6. The second-order valence-corrected chi connectivity index (χ2v) is 6.29. The first kappa shape index (κ1) is 17.8. The van der Waals surface area contributed by atoms with Crippen LogP contribution in [0.1, 0.15) is 33.3 Å². The maximum Gasteiger partial charge on any atom is 0.408 e. The predicted molar refractivity (Wildman–Crippen MR) is 82.1 cm³/mol. The topological polar surface area (TPSA) is 84.9 Å². The molecule has 6 nitrogen and oxygen atoms in total. The highest BCUT2D eigenvalue weighted by Crippen LogP contribution is 2.18. The molecule has 1 aromatic rings. The van der Waals surface area contributed by atoms with Gasteiger partial charge in [-0.05, 0) is 45.4 Å². The minimum Gasteiger partial charge on any atom is -0.497 e. The van der Waals surface area contributed by atoms with Crippen LogP contribution in [0, 0.1) is 0 Å². The van der Waals surface area contributed by atoms with Crippen molar-refractivity contribution in [3.63, 3.8) is 0 Å². The maximum atomic E-state index is 11.9. The van der Waals surface area contributed by atoms with Crippen LogP contribution in [-0.2, 0) is 16.0 Å². The zero-order valence-electron chi connectivity index (χ0n) is 13.6. The molecule has 122 valence electrons. The number of carboxylic acids is 1. The molecular weight excluding hydrogens is 286 g/mol. The van der Waals surface area contributed by atoms with Crippen molar-refractivity contribution in [1.29, 1.82) is 0 Å². The van der Waals surface area contributed by atoms with Gasteiger partial charge in [0.25, 0.3) is 0 Å². The molecule has 0 saturated carbocycles. The van der Waals surface area contributed by atoms with Gasteiger partial charge < -0.3 is 19.9 Å². The van der Waals surface area contributed by atoms with E-state index in [1.54, 1.807) is 52.1 Å². The summed E-state index contributed by atoms with van der Waals surface area (Å²) in [5.74, 6) is -0.449. The van der Waals surface area contributed by atoms with Crippen LogP contribution in [0.4, 0.5) is 4.79 Å². The van der Waals surface area contributed by atoms with Gasteiger partial charge in [-0.15, -0.1) is 0 Å². The largest absolute Gasteiger partial charge is 0.497 e. The molecule has 0 heterocycles. The van der Waals surface area contributed by atoms with Crippen LogP contribution < -0.4 is 10.1 Å². The van der Waals surface area contributed by atoms with Crippen molar-refractivity contribution in [1.82, 2.24) is 5.32 Å². The third-order valence-corrected chi connectivity index (χ3v) is 2.97. The van der Waals surface area contributed by atoms with Gasteiger partial charge in [0.2, 0.25) is 0 Å². The van der Waals surface area contributed by atoms with E-state index in [1.165, 1.54) is 6.92 Å². The summed E-state index contributed by atoms with van der Waals surface area (Å²) in [5, 5.41) is 11.9. The molecule has 0 aliphatic rings. The molecule has 1 unspecified atom stereocenters. The van der Waals surface area contributed by atoms with Crippen molar-refractivity contribution < 1.29 is 24.2 Å². The van der Waals surface area contributed by atoms with Crippen molar-refractivity contribution in [2.24, 2.45) is 0 Å². The third kappa shape index (κ3) is 5.27. The summed E-state index contributed by atoms with van der Waals surface area (Å²) in [6, 6.07) is 7.00. The number of methoxy groups -OCH3 is 1. The Hall–Kier alpha value is -2.24. The van der Waals surface area contributed by atoms with Crippen LogP contribution in [0.15, 0.2) is 24.3 Å². The smallest absolute Gasteiger partial charge is 0.408 e. The number of carbonyl (C=O) groups excluding carboxylic acids is 1. The van der Waals surface area contributed by atoms with Crippen LogP contribution in [-0.4, -0.2) is 35.4 Å². The molecule has 2 N–H and O–H groups in total. The van der Waals surface area contributed by atoms with Gasteiger partial charge >= 0.3 is 12.1 Å². The minimum atomic E-state index is -1.46. The number of alkyl carbamates (subject to hydrolysis) is 1. The van der Waals surface area contributed by atoms with E-state index in [4.69, 9.17) is 9.47 Å². The Kier molecular flexibility index (Phi) is 5.41. The first-order valence-corrected chi connectivity index (χ1v) is 6.93. The summed E-state index contributed by atoms with van der Waals surface area (Å²) in [6.45, 7) is 6.60. The van der Waals surface area contributed by atoms with Crippen molar-refractivity contribution >= 4 is 12.1 Å². The SMILES string of the molecule is COc1ccc(CC(C)(NC(=O)OC(C)(C)C)C(=O)O)cc1. The Morgan fingerprint density at radius 3 is 2.09 bits per heavy atom. The number of rotatable bonds is 5. The molecule has 0 aliphatic carbocycles. The summed E-state index contributed by atoms with van der Waals surface area (Å²) < 4.78 is 10.2. The molecular formula is C16H23NO5. The second-order valence-electron chi connectivity index (χ2n) is 6.29. The molecule has 0 spiro atoms. The van der Waals surface area contributed by atoms with Gasteiger partial charge in [0, 0.05) is 6.42 Å². The fourth-order valence-electron chi connectivity index (χ4n) is 1.85. The van der Waals surface area contributed by atoms with Crippen molar-refractivity contribution in [3.8, 4) is 5.75 Å². The Morgan fingerprint density at radius 2 is 1.68 bits per heavy atom. The Labute approximate surface area is 130 Å². The highest BCUT2D eigenvalue weighted by atomic mass is 16.6. The molecule has 22 heavy (non-hydrogen) atoms. The number of ether oxygens (including phenoxy) is 2. The molecule has 0 radical (unpaired) electrons. The predicted octanol–water partition coefficient (Wildman–Crippen LogP) is 2.61. The summed E-state index contributed by atoms with van der Waals surface area (Å²) in [4.78, 5) is 23.4. The number of hydrogen-bond acceptors (Lipinski definition) is 4. The van der Waals surface area contributed by atoms with Gasteiger partial charge in [-0.25, -0.2) is 9.59 Å². The summed E-state index contributed by atoms with van der Waals surface area (Å²) in [7, 11) is 1.56. The molecule has 0 aliphatic heterocycles. The number of amides is 1. The third-order valence-electron chi connectivity index (χ3n) is 2.97. The fraction of sp³-hybridized carbons (Fsp3) is 0.500. The van der Waals surface area contributed by atoms with Crippen LogP contribution >= 0.6 is 0 Å². The second kappa shape index (κ2) is 6.68. The van der Waals surface area contributed by atoms with E-state index < -0.39 is 23.2 Å². The van der Waals surface area contributed by atoms with Gasteiger partial charge in [0.1, 0.15) is 16.9 Å². The molecule has 0 aromatic heterocycles. The molecule has 1 aromatic carbocycles. The maximum absolute atomic E-state index is 11.9. The highest BCUT2D eigenvalue weighted by molar-refractivity contribution is 5.84. The van der Waals surface area contributed by atoms with Crippen molar-refractivity contribution in [2.45, 2.75) is 45.3 Å². The van der Waals surface area contributed by atoms with Gasteiger partial charge in [0.05, 0.1) is 7.11 Å². The summed E-state index contributed by atoms with van der Waals surface area (Å²) in [6.07, 6.45) is -0.628. The first-order valence-electron chi connectivity index (χ1n) is 6.93. The number of carboxylic acid groups (broad SMARTS) is 1. The number of nitrogens with one attached hydrogen (secondary N) is 1. The van der Waals surface area contributed by atoms with E-state index in [0.29, 0.717) is 5.75 Å². The average Bonchev–Trinajstić information content (AvgIpc) is 2.36. The lowest BCUT2D eigenvalue weighted by atomic mass is 9.93. The van der Waals surface area contributed by atoms with Crippen LogP contribution in [0.3, 0.4) is 0 Å². The Bertz CT molecular complexity index is 532. The highest BCUT2D eigenvalue weighted by Gasteiger charge is 2.36. The molecule has 1 amide bonds. The molecule has 0 saturated heterocycles. The van der Waals surface area contributed by atoms with E-state index in [9.17, 15) is 14.7 Å². The Morgan fingerprint density at radius 1 is 1.14 bits per heavy atom. The van der Waals surface area contributed by atoms with E-state index in [0.717, 1.165) is 5.56 Å². The number of benzene rings is 1. The van der Waals surface area contributed by atoms with Crippen LogP contribution in [0.25, 0.3) is 0 Å². The molecule has 0 bridgehead atoms. The molecule has 1 atom stereocenters. The fourth-order valence-corrected chi connectivity index (χ4v) is 1.85. The minimum absolute atomic E-state index is 0.131. The lowest BCUT2D eigenvalue weighted by Gasteiger charge is -2.28. The van der Waals surface area contributed by atoms with E-state index in [2.05, 4.69) is 5.32 Å². The monoisotopic (exact) mass is 309 g/mol. The lowest BCUT2D eigenvalue weighted by molar-refractivity contribution is -0.144. The van der Waals surface area contributed by atoms with Crippen LogP contribution in [0.2, 0.25) is 0 Å². The standard InChI is InChI=1S/C16H23NO5/c1-15(2,3)22-14(20)17-16(4,13(18)19)10-11-6-8-12(21-5)9-7-11/h6-9H,10H2,1-5H3,(H,17,20)(H,18,19). The first-order chi connectivity index (χ1) is 10.1.